The minimum atomic E-state index is -1.76. The normalized spacial score (nSPS) is 15.7. The van der Waals surface area contributed by atoms with E-state index < -0.39 is 40.3 Å². The van der Waals surface area contributed by atoms with Crippen LogP contribution in [0.5, 0.6) is 0 Å². The van der Waals surface area contributed by atoms with Gasteiger partial charge in [-0.05, 0) is 53.9 Å². The number of halogens is 3. The molecule has 0 aliphatic rings. The van der Waals surface area contributed by atoms with Crippen molar-refractivity contribution in [3.05, 3.63) is 12.7 Å². The number of alkyl halides is 3. The Balaban J connectivity index is 5.67. The largest absolute Gasteiger partial charge is 0.508 e. The minimum absolute atomic E-state index is 0.144. The molecule has 0 heterocycles. The number of carbonyl (C=O) groups excluding carboxylic acids is 2. The van der Waals surface area contributed by atoms with Crippen LogP contribution in [0.3, 0.4) is 0 Å². The van der Waals surface area contributed by atoms with E-state index in [-0.39, 0.29) is 23.9 Å². The van der Waals surface area contributed by atoms with Gasteiger partial charge in [0.1, 0.15) is 18.5 Å². The van der Waals surface area contributed by atoms with Crippen LogP contribution in [0.15, 0.2) is 12.7 Å². The number of Topliss-reactive ketones (excluding diaryl/α,β-unsaturated/α-hetero) is 1. The summed E-state index contributed by atoms with van der Waals surface area (Å²) in [6.45, 7) is 17.8. The highest BCUT2D eigenvalue weighted by molar-refractivity contribution is 6.67. The molecular weight excluding hydrogens is 467 g/mol. The van der Waals surface area contributed by atoms with Gasteiger partial charge in [0.05, 0.1) is 23.5 Å². The SMILES string of the molecule is C=CC[C@H](C)[C@H](OC(=O)OCC(Cl)(Cl)Cl)[C@@H](C)C(=O)C(C)(C)C(OC(C)C)OC(C)C. The lowest BCUT2D eigenvalue weighted by Crippen LogP contribution is -2.49. The molecule has 0 fully saturated rings. The second kappa shape index (κ2) is 13.2. The third-order valence-corrected chi connectivity index (χ3v) is 4.93. The van der Waals surface area contributed by atoms with E-state index in [1.54, 1.807) is 26.8 Å². The van der Waals surface area contributed by atoms with Gasteiger partial charge in [-0.2, -0.15) is 0 Å². The van der Waals surface area contributed by atoms with Crippen molar-refractivity contribution in [3.8, 4) is 0 Å². The molecule has 0 unspecified atom stereocenters. The Kier molecular flexibility index (Phi) is 13.0. The van der Waals surface area contributed by atoms with Gasteiger partial charge in [-0.1, -0.05) is 54.7 Å². The first-order valence-corrected chi connectivity index (χ1v) is 11.5. The second-order valence-electron chi connectivity index (χ2n) is 8.81. The van der Waals surface area contributed by atoms with Crippen LogP contribution in [-0.4, -0.2) is 46.9 Å². The molecule has 3 atom stereocenters. The molecule has 0 aliphatic carbocycles. The Labute approximate surface area is 201 Å². The Bertz CT molecular complexity index is 576. The maximum absolute atomic E-state index is 13.5. The molecule has 6 nitrogen and oxygen atoms in total. The highest BCUT2D eigenvalue weighted by atomic mass is 35.6. The third-order valence-electron chi connectivity index (χ3n) is 4.61. The Morgan fingerprint density at radius 2 is 1.45 bits per heavy atom. The molecule has 0 rings (SSSR count). The van der Waals surface area contributed by atoms with Crippen molar-refractivity contribution in [3.63, 3.8) is 0 Å². The fourth-order valence-electron chi connectivity index (χ4n) is 3.11. The summed E-state index contributed by atoms with van der Waals surface area (Å²) < 4.78 is 20.4. The monoisotopic (exact) mass is 502 g/mol. The Morgan fingerprint density at radius 3 is 1.84 bits per heavy atom. The summed E-state index contributed by atoms with van der Waals surface area (Å²) in [5.41, 5.74) is -1.01. The molecule has 0 spiro atoms. The number of hydrogen-bond donors (Lipinski definition) is 0. The van der Waals surface area contributed by atoms with Crippen molar-refractivity contribution in [2.45, 2.75) is 90.2 Å². The van der Waals surface area contributed by atoms with Gasteiger partial charge in [0.25, 0.3) is 0 Å². The number of carbonyl (C=O) groups is 2. The van der Waals surface area contributed by atoms with Crippen molar-refractivity contribution >= 4 is 46.7 Å². The zero-order chi connectivity index (χ0) is 24.6. The topological polar surface area (TPSA) is 71.1 Å². The first kappa shape index (κ1) is 30.5. The van der Waals surface area contributed by atoms with Crippen LogP contribution in [-0.2, 0) is 23.7 Å². The number of ketones is 1. The maximum Gasteiger partial charge on any atom is 0.508 e. The van der Waals surface area contributed by atoms with Crippen molar-refractivity contribution in [1.29, 1.82) is 0 Å². The van der Waals surface area contributed by atoms with Crippen LogP contribution < -0.4 is 0 Å². The minimum Gasteiger partial charge on any atom is -0.430 e. The molecule has 0 radical (unpaired) electrons. The van der Waals surface area contributed by atoms with Gasteiger partial charge < -0.3 is 18.9 Å². The molecule has 0 aromatic heterocycles. The lowest BCUT2D eigenvalue weighted by Gasteiger charge is -2.38. The van der Waals surface area contributed by atoms with Crippen LogP contribution in [0, 0.1) is 17.3 Å². The van der Waals surface area contributed by atoms with Gasteiger partial charge in [-0.25, -0.2) is 4.79 Å². The summed E-state index contributed by atoms with van der Waals surface area (Å²) >= 11 is 16.9. The summed E-state index contributed by atoms with van der Waals surface area (Å²) in [6, 6.07) is 0. The molecule has 0 aliphatic heterocycles. The van der Waals surface area contributed by atoms with Crippen LogP contribution in [0.4, 0.5) is 4.79 Å². The highest BCUT2D eigenvalue weighted by Gasteiger charge is 2.45. The average molecular weight is 504 g/mol. The third kappa shape index (κ3) is 11.2. The van der Waals surface area contributed by atoms with Crippen LogP contribution in [0.2, 0.25) is 0 Å². The average Bonchev–Trinajstić information content (AvgIpc) is 2.61. The van der Waals surface area contributed by atoms with Crippen molar-refractivity contribution in [2.24, 2.45) is 17.3 Å². The number of allylic oxidation sites excluding steroid dienone is 1. The van der Waals surface area contributed by atoms with Crippen LogP contribution >= 0.6 is 34.8 Å². The zero-order valence-corrected chi connectivity index (χ0v) is 22.0. The van der Waals surface area contributed by atoms with E-state index in [0.29, 0.717) is 6.42 Å². The van der Waals surface area contributed by atoms with Crippen molar-refractivity contribution < 1.29 is 28.5 Å². The van der Waals surface area contributed by atoms with E-state index in [2.05, 4.69) is 6.58 Å². The fourth-order valence-corrected chi connectivity index (χ4v) is 3.28. The smallest absolute Gasteiger partial charge is 0.430 e. The summed E-state index contributed by atoms with van der Waals surface area (Å²) in [5, 5.41) is 0. The predicted octanol–water partition coefficient (Wildman–Crippen LogP) is 6.50. The molecule has 0 N–H and O–H groups in total. The molecule has 9 heteroatoms. The van der Waals surface area contributed by atoms with Gasteiger partial charge in [0, 0.05) is 0 Å². The molecule has 31 heavy (non-hydrogen) atoms. The predicted molar refractivity (Wildman–Crippen MR) is 125 cm³/mol. The molecule has 0 amide bonds. The van der Waals surface area contributed by atoms with Gasteiger partial charge in [-0.15, -0.1) is 6.58 Å². The van der Waals surface area contributed by atoms with Gasteiger partial charge >= 0.3 is 6.16 Å². The molecule has 182 valence electrons. The molecule has 0 saturated carbocycles. The van der Waals surface area contributed by atoms with E-state index in [0.717, 1.165) is 0 Å². The van der Waals surface area contributed by atoms with E-state index >= 15 is 0 Å². The van der Waals surface area contributed by atoms with Crippen molar-refractivity contribution in [2.75, 3.05) is 6.61 Å². The standard InChI is InChI=1S/C22H37Cl3O6/c1-10-11-15(6)17(31-20(27)28-12-22(23,24)25)16(7)18(26)21(8,9)19(29-13(2)3)30-14(4)5/h10,13-17,19H,1,11-12H2,2-9H3/t15-,16+,17-/m0/s1. The molecule has 0 aromatic carbocycles. The summed E-state index contributed by atoms with van der Waals surface area (Å²) in [4.78, 5) is 25.7. The summed E-state index contributed by atoms with van der Waals surface area (Å²) in [7, 11) is 0. The molecule has 0 aromatic rings. The number of ether oxygens (including phenoxy) is 4. The maximum atomic E-state index is 13.5. The van der Waals surface area contributed by atoms with Gasteiger partial charge in [-0.3, -0.25) is 4.79 Å². The highest BCUT2D eigenvalue weighted by Crippen LogP contribution is 2.34. The summed E-state index contributed by atoms with van der Waals surface area (Å²) in [5.74, 6) is -1.06. The van der Waals surface area contributed by atoms with Gasteiger partial charge in [0.15, 0.2) is 6.29 Å². The molecular formula is C22H37Cl3O6. The van der Waals surface area contributed by atoms with Crippen LogP contribution in [0.1, 0.15) is 61.8 Å². The molecule has 0 saturated heterocycles. The first-order valence-electron chi connectivity index (χ1n) is 10.4. The second-order valence-corrected chi connectivity index (χ2v) is 11.3. The van der Waals surface area contributed by atoms with Crippen LogP contribution in [0.25, 0.3) is 0 Å². The fraction of sp³-hybridized carbons (Fsp3) is 0.818. The van der Waals surface area contributed by atoms with Gasteiger partial charge in [0.2, 0.25) is 3.79 Å². The number of hydrogen-bond acceptors (Lipinski definition) is 6. The lowest BCUT2D eigenvalue weighted by atomic mass is 9.76. The zero-order valence-electron chi connectivity index (χ0n) is 19.7. The van der Waals surface area contributed by atoms with E-state index in [9.17, 15) is 9.59 Å². The number of rotatable bonds is 13. The van der Waals surface area contributed by atoms with E-state index in [1.807, 2.05) is 34.6 Å². The van der Waals surface area contributed by atoms with E-state index in [4.69, 9.17) is 53.8 Å². The lowest BCUT2D eigenvalue weighted by molar-refractivity contribution is -0.229. The quantitative estimate of drug-likeness (QED) is 0.124. The summed E-state index contributed by atoms with van der Waals surface area (Å²) in [6.07, 6.45) is -0.639. The van der Waals surface area contributed by atoms with E-state index in [1.165, 1.54) is 0 Å². The molecule has 0 bridgehead atoms. The Morgan fingerprint density at radius 1 is 0.968 bits per heavy atom. The Hall–Kier alpha value is -0.530. The first-order chi connectivity index (χ1) is 14.0. The van der Waals surface area contributed by atoms with Crippen molar-refractivity contribution in [1.82, 2.24) is 0 Å².